The molecule has 0 bridgehead atoms. The number of nitrogens with zero attached hydrogens (tertiary/aromatic N) is 5. The largest absolute Gasteiger partial charge is 0.569 e. The first-order valence-corrected chi connectivity index (χ1v) is 14.3. The Bertz CT molecular complexity index is 1610. The van der Waals surface area contributed by atoms with Gasteiger partial charge in [-0.05, 0) is 51.1 Å². The minimum Gasteiger partial charge on any atom is -0.569 e. The van der Waals surface area contributed by atoms with E-state index in [9.17, 15) is 36.4 Å². The van der Waals surface area contributed by atoms with Crippen LogP contribution in [0.1, 0.15) is 32.0 Å². The number of carbonyl (C=O) groups is 2. The number of aromatic nitrogens is 2. The predicted molar refractivity (Wildman–Crippen MR) is 146 cm³/mol. The second kappa shape index (κ2) is 13.6. The molecule has 1 amide bonds. The van der Waals surface area contributed by atoms with Gasteiger partial charge in [0.15, 0.2) is 11.7 Å². The van der Waals surface area contributed by atoms with Gasteiger partial charge >= 0.3 is 12.3 Å². The van der Waals surface area contributed by atoms with Crippen LogP contribution in [-0.2, 0) is 35.3 Å². The quantitative estimate of drug-likeness (QED) is 0.105. The van der Waals surface area contributed by atoms with E-state index >= 15 is 0 Å². The summed E-state index contributed by atoms with van der Waals surface area (Å²) in [7, 11) is -3.36. The number of hydrazine groups is 1. The molecule has 44 heavy (non-hydrogen) atoms. The van der Waals surface area contributed by atoms with Crippen molar-refractivity contribution >= 4 is 22.1 Å². The smallest absolute Gasteiger partial charge is 0.511 e. The van der Waals surface area contributed by atoms with Crippen molar-refractivity contribution < 1.29 is 50.5 Å². The molecule has 1 aromatic heterocycles. The number of aryl methyl sites for hydroxylation is 1. The average Bonchev–Trinajstić information content (AvgIpc) is 3.42. The molecule has 2 atom stereocenters. The minimum atomic E-state index is -4.73. The van der Waals surface area contributed by atoms with Crippen molar-refractivity contribution in [2.45, 2.75) is 51.1 Å². The summed E-state index contributed by atoms with van der Waals surface area (Å²) in [5, 5.41) is 19.7. The number of nitrogens with one attached hydrogen (secondary N) is 1. The molecule has 0 saturated heterocycles. The summed E-state index contributed by atoms with van der Waals surface area (Å²) in [5.41, 5.74) is 0.455. The lowest BCUT2D eigenvalue weighted by molar-refractivity contribution is -0.711. The van der Waals surface area contributed by atoms with E-state index in [-0.39, 0.29) is 27.9 Å². The number of amides is 1. The molecule has 14 nitrogen and oxygen atoms in total. The van der Waals surface area contributed by atoms with Crippen molar-refractivity contribution in [3.8, 4) is 16.9 Å². The highest BCUT2D eigenvalue weighted by Crippen LogP contribution is 2.33. The summed E-state index contributed by atoms with van der Waals surface area (Å²) in [4.78, 5) is 28.1. The molecule has 0 fully saturated rings. The maximum Gasteiger partial charge on any atom is 0.511 e. The molecule has 18 heteroatoms. The molecule has 238 valence electrons. The van der Waals surface area contributed by atoms with Gasteiger partial charge in [0.2, 0.25) is 5.28 Å². The van der Waals surface area contributed by atoms with Crippen molar-refractivity contribution in [2.75, 3.05) is 13.7 Å². The highest BCUT2D eigenvalue weighted by molar-refractivity contribution is 7.90. The van der Waals surface area contributed by atoms with Crippen LogP contribution in [-0.4, -0.2) is 66.2 Å². The maximum absolute atomic E-state index is 13.5. The third-order valence-corrected chi connectivity index (χ3v) is 7.34. The first-order chi connectivity index (χ1) is 20.5. The molecular formula is C26H29F3N6O8S. The molecule has 1 unspecified atom stereocenters. The van der Waals surface area contributed by atoms with Crippen molar-refractivity contribution in [3.05, 3.63) is 71.1 Å². The molecule has 3 rings (SSSR count). The van der Waals surface area contributed by atoms with Gasteiger partial charge in [0.05, 0.1) is 34.9 Å². The summed E-state index contributed by atoms with van der Waals surface area (Å²) >= 11 is 0. The number of ether oxygens (including phenoxy) is 2. The highest BCUT2D eigenvalue weighted by Gasteiger charge is 2.35. The van der Waals surface area contributed by atoms with Gasteiger partial charge in [-0.2, -0.15) is 18.3 Å². The standard InChI is InChI=1S/C26H29F3N6O8S/c1-6-41-25(37)42-18(4)43-32-35(38)33(5)17(3)24(36)31-44(39,40)21-13-11-20(12-14-21)34-22(15-23(30-34)26(27,28)29)19-9-7-16(2)8-10-19/h7-15,17-18H,6H2,1-5H3,(H,31,36)/t17-,18?/m0/s1. The SMILES string of the molecule is CCOC(=O)OC(C)ON=[N+]([O-])N(C)[C@@H](C)C(=O)NS(=O)(=O)c1ccc(-n2nc(C(F)(F)F)cc2-c2ccc(C)cc2)cc1. The van der Waals surface area contributed by atoms with Gasteiger partial charge in [-0.15, -0.1) is 5.01 Å². The van der Waals surface area contributed by atoms with Crippen LogP contribution in [0.5, 0.6) is 0 Å². The number of sulfonamides is 1. The highest BCUT2D eigenvalue weighted by atomic mass is 32.2. The number of carbonyl (C=O) groups excluding carboxylic acids is 2. The Hall–Kier alpha value is -4.87. The molecule has 3 aromatic rings. The fourth-order valence-electron chi connectivity index (χ4n) is 3.48. The molecule has 1 heterocycles. The zero-order valence-electron chi connectivity index (χ0n) is 24.1. The van der Waals surface area contributed by atoms with E-state index in [4.69, 9.17) is 4.84 Å². The van der Waals surface area contributed by atoms with Gasteiger partial charge in [-0.25, -0.2) is 22.6 Å². The van der Waals surface area contributed by atoms with Crippen LogP contribution in [0.3, 0.4) is 0 Å². The van der Waals surface area contributed by atoms with E-state index in [1.165, 1.54) is 26.0 Å². The number of likely N-dealkylation sites (N-methyl/N-ethyl adjacent to an activating group) is 1. The Balaban J connectivity index is 1.75. The minimum absolute atomic E-state index is 0.0425. The van der Waals surface area contributed by atoms with E-state index in [0.717, 1.165) is 35.5 Å². The zero-order chi connectivity index (χ0) is 32.8. The molecule has 0 aliphatic rings. The Kier molecular flexibility index (Phi) is 10.4. The fraction of sp³-hybridized carbons (Fsp3) is 0.346. The van der Waals surface area contributed by atoms with Crippen LogP contribution >= 0.6 is 0 Å². The van der Waals surface area contributed by atoms with Crippen molar-refractivity contribution in [1.82, 2.24) is 19.5 Å². The molecule has 0 aliphatic carbocycles. The number of benzene rings is 2. The van der Waals surface area contributed by atoms with E-state index < -0.39 is 46.3 Å². The van der Waals surface area contributed by atoms with Crippen LogP contribution in [0.4, 0.5) is 18.0 Å². The second-order valence-corrected chi connectivity index (χ2v) is 10.9. The Morgan fingerprint density at radius 3 is 2.32 bits per heavy atom. The van der Waals surface area contributed by atoms with Gasteiger partial charge in [-0.1, -0.05) is 29.8 Å². The first-order valence-electron chi connectivity index (χ1n) is 12.8. The third kappa shape index (κ3) is 8.36. The van der Waals surface area contributed by atoms with E-state index in [1.807, 2.05) is 11.6 Å². The van der Waals surface area contributed by atoms with Gasteiger partial charge in [-0.3, -0.25) is 9.63 Å². The molecule has 0 aliphatic heterocycles. The van der Waals surface area contributed by atoms with E-state index in [0.29, 0.717) is 10.6 Å². The lowest BCUT2D eigenvalue weighted by atomic mass is 10.1. The fourth-order valence-corrected chi connectivity index (χ4v) is 4.53. The Morgan fingerprint density at radius 1 is 1.14 bits per heavy atom. The van der Waals surface area contributed by atoms with Crippen molar-refractivity contribution in [2.24, 2.45) is 5.28 Å². The third-order valence-electron chi connectivity index (χ3n) is 5.97. The monoisotopic (exact) mass is 642 g/mol. The molecule has 0 radical (unpaired) electrons. The molecule has 0 saturated carbocycles. The summed E-state index contributed by atoms with van der Waals surface area (Å²) < 4.78 is 78.3. The van der Waals surface area contributed by atoms with Crippen molar-refractivity contribution in [3.63, 3.8) is 0 Å². The summed E-state index contributed by atoms with van der Waals surface area (Å²) in [6.45, 7) is 5.86. The van der Waals surface area contributed by atoms with E-state index in [2.05, 4.69) is 19.8 Å². The molecule has 2 aromatic carbocycles. The number of alkyl halides is 3. The van der Waals surface area contributed by atoms with Crippen LogP contribution in [0.2, 0.25) is 0 Å². The summed E-state index contributed by atoms with van der Waals surface area (Å²) in [5.74, 6) is -1.12. The van der Waals surface area contributed by atoms with Gasteiger partial charge in [0, 0.05) is 12.5 Å². The van der Waals surface area contributed by atoms with Crippen LogP contribution in [0.25, 0.3) is 16.9 Å². The second-order valence-electron chi connectivity index (χ2n) is 9.21. The van der Waals surface area contributed by atoms with Crippen molar-refractivity contribution in [1.29, 1.82) is 0 Å². The zero-order valence-corrected chi connectivity index (χ0v) is 24.9. The molecule has 1 N–H and O–H groups in total. The van der Waals surface area contributed by atoms with Gasteiger partial charge in [0.1, 0.15) is 0 Å². The topological polar surface area (TPSA) is 167 Å². The lowest BCUT2D eigenvalue weighted by Crippen LogP contribution is -2.47. The van der Waals surface area contributed by atoms with Crippen LogP contribution < -0.4 is 4.72 Å². The summed E-state index contributed by atoms with van der Waals surface area (Å²) in [6, 6.07) is 10.8. The first kappa shape index (κ1) is 33.6. The Morgan fingerprint density at radius 2 is 1.75 bits per heavy atom. The van der Waals surface area contributed by atoms with Gasteiger partial charge in [0.25, 0.3) is 22.2 Å². The number of hydrogen-bond acceptors (Lipinski definition) is 10. The average molecular weight is 643 g/mol. The number of hydrogen-bond donors (Lipinski definition) is 1. The Labute approximate surface area is 250 Å². The number of rotatable bonds is 11. The normalized spacial score (nSPS) is 13.5. The maximum atomic E-state index is 13.5. The predicted octanol–water partition coefficient (Wildman–Crippen LogP) is 4.32. The number of halogens is 3. The lowest BCUT2D eigenvalue weighted by Gasteiger charge is -2.20. The van der Waals surface area contributed by atoms with Gasteiger partial charge < -0.3 is 14.7 Å². The van der Waals surface area contributed by atoms with Crippen LogP contribution in [0, 0.1) is 12.1 Å². The molecular weight excluding hydrogens is 613 g/mol. The molecule has 0 spiro atoms. The van der Waals surface area contributed by atoms with E-state index in [1.54, 1.807) is 31.2 Å². The van der Waals surface area contributed by atoms with Crippen LogP contribution in [0.15, 0.2) is 64.8 Å². The summed E-state index contributed by atoms with van der Waals surface area (Å²) in [6.07, 6.45) is -7.11.